The topological polar surface area (TPSA) is 54.5 Å². The number of halogens is 1. The van der Waals surface area contributed by atoms with E-state index in [-0.39, 0.29) is 22.3 Å². The summed E-state index contributed by atoms with van der Waals surface area (Å²) in [7, 11) is 0. The Hall–Kier alpha value is -1.80. The van der Waals surface area contributed by atoms with E-state index in [1.165, 1.54) is 19.3 Å². The fraction of sp³-hybridized carbons (Fsp3) is 0.524. The molecule has 0 saturated heterocycles. The lowest BCUT2D eigenvalue weighted by Gasteiger charge is -2.58. The molecule has 2 aromatic rings. The molecule has 2 heterocycles. The van der Waals surface area contributed by atoms with Gasteiger partial charge in [0.1, 0.15) is 12.7 Å². The van der Waals surface area contributed by atoms with Crippen LogP contribution >= 0.6 is 15.9 Å². The Kier molecular flexibility index (Phi) is 3.53. The molecule has 4 nitrogen and oxygen atoms in total. The summed E-state index contributed by atoms with van der Waals surface area (Å²) in [4.78, 5) is 13.1. The summed E-state index contributed by atoms with van der Waals surface area (Å²) in [5.74, 6) is 1.24. The highest BCUT2D eigenvalue weighted by atomic mass is 79.9. The van der Waals surface area contributed by atoms with Crippen molar-refractivity contribution in [2.45, 2.75) is 49.5 Å². The van der Waals surface area contributed by atoms with Crippen LogP contribution in [0.15, 0.2) is 30.6 Å². The number of carbonyl (C=O) groups is 1. The number of nitriles is 1. The first-order chi connectivity index (χ1) is 12.5. The van der Waals surface area contributed by atoms with Crippen molar-refractivity contribution in [2.75, 3.05) is 0 Å². The maximum Gasteiger partial charge on any atom is 0.312 e. The summed E-state index contributed by atoms with van der Waals surface area (Å²) in [5, 5.41) is 9.52. The minimum absolute atomic E-state index is 0.0606. The number of aromatic nitrogens is 1. The molecular formula is C21H21BrN2O2. The van der Waals surface area contributed by atoms with Crippen molar-refractivity contribution in [1.29, 1.82) is 5.26 Å². The average molecular weight is 413 g/mol. The summed E-state index contributed by atoms with van der Waals surface area (Å²) in [6, 6.07) is 8.02. The molecule has 4 fully saturated rings. The van der Waals surface area contributed by atoms with Crippen molar-refractivity contribution >= 4 is 27.4 Å². The second kappa shape index (κ2) is 5.60. The van der Waals surface area contributed by atoms with Crippen LogP contribution in [-0.4, -0.2) is 14.7 Å². The molecule has 26 heavy (non-hydrogen) atoms. The van der Waals surface area contributed by atoms with Gasteiger partial charge in [-0.3, -0.25) is 4.79 Å². The van der Waals surface area contributed by atoms with Crippen molar-refractivity contribution < 1.29 is 9.53 Å². The first-order valence-corrected chi connectivity index (χ1v) is 10.1. The molecule has 0 aliphatic heterocycles. The van der Waals surface area contributed by atoms with Gasteiger partial charge in [0.25, 0.3) is 0 Å². The van der Waals surface area contributed by atoms with E-state index in [2.05, 4.69) is 22.0 Å². The van der Waals surface area contributed by atoms with E-state index in [0.717, 1.165) is 30.3 Å². The Morgan fingerprint density at radius 2 is 2.08 bits per heavy atom. The molecule has 4 aliphatic rings. The Morgan fingerprint density at radius 3 is 2.77 bits per heavy atom. The number of nitrogens with zero attached hydrogens (tertiary/aromatic N) is 2. The third kappa shape index (κ3) is 2.42. The minimum atomic E-state index is -0.320. The second-order valence-electron chi connectivity index (χ2n) is 8.60. The van der Waals surface area contributed by atoms with Gasteiger partial charge in [-0.25, -0.2) is 0 Å². The number of esters is 1. The molecule has 0 N–H and O–H groups in total. The highest BCUT2D eigenvalue weighted by Gasteiger charge is 2.60. The van der Waals surface area contributed by atoms with E-state index < -0.39 is 0 Å². The van der Waals surface area contributed by atoms with E-state index in [4.69, 9.17) is 4.74 Å². The molecule has 5 heteroatoms. The molecule has 4 saturated carbocycles. The highest BCUT2D eigenvalue weighted by Crippen LogP contribution is 2.64. The zero-order valence-corrected chi connectivity index (χ0v) is 16.2. The molecule has 4 aliphatic carbocycles. The normalized spacial score (nSPS) is 34.8. The summed E-state index contributed by atoms with van der Waals surface area (Å²) in [6.07, 6.45) is 10.3. The van der Waals surface area contributed by atoms with E-state index >= 15 is 0 Å². The van der Waals surface area contributed by atoms with Gasteiger partial charge in [-0.1, -0.05) is 22.0 Å². The number of fused-ring (bicyclic) bond motifs is 1. The maximum atomic E-state index is 13.1. The molecular weight excluding hydrogens is 392 g/mol. The number of hydrogen-bond donors (Lipinski definition) is 0. The number of pyridine rings is 1. The minimum Gasteiger partial charge on any atom is -0.460 e. The zero-order valence-electron chi connectivity index (χ0n) is 14.6. The quantitative estimate of drug-likeness (QED) is 0.547. The molecule has 0 amide bonds. The van der Waals surface area contributed by atoms with Crippen molar-refractivity contribution in [2.24, 2.45) is 17.3 Å². The number of carbonyl (C=O) groups excluding carboxylic acids is 1. The molecule has 2 aromatic heterocycles. The van der Waals surface area contributed by atoms with Crippen LogP contribution in [0.4, 0.5) is 0 Å². The summed E-state index contributed by atoms with van der Waals surface area (Å²) >= 11 is 3.95. The maximum absolute atomic E-state index is 13.1. The van der Waals surface area contributed by atoms with Gasteiger partial charge in [-0.2, -0.15) is 5.26 Å². The fourth-order valence-corrected chi connectivity index (χ4v) is 7.55. The van der Waals surface area contributed by atoms with Gasteiger partial charge in [0.05, 0.1) is 16.5 Å². The monoisotopic (exact) mass is 412 g/mol. The average Bonchev–Trinajstić information content (AvgIpc) is 2.94. The van der Waals surface area contributed by atoms with E-state index in [0.29, 0.717) is 17.4 Å². The van der Waals surface area contributed by atoms with Crippen molar-refractivity contribution in [3.8, 4) is 6.07 Å². The van der Waals surface area contributed by atoms with Crippen LogP contribution in [0.25, 0.3) is 5.52 Å². The van der Waals surface area contributed by atoms with Gasteiger partial charge in [-0.05, 0) is 62.5 Å². The molecule has 0 spiro atoms. The van der Waals surface area contributed by atoms with Crippen LogP contribution in [0.2, 0.25) is 0 Å². The number of ether oxygens (including phenoxy) is 1. The first-order valence-electron chi connectivity index (χ1n) is 9.35. The number of hydrogen-bond acceptors (Lipinski definition) is 3. The zero-order chi connectivity index (χ0) is 17.9. The SMILES string of the molecule is N#Cc1c(COC(=O)C23C[C@H]4C[C@@H](CC(Br)(C4)C2)C3)cn2ccccc12. The fourth-order valence-electron chi connectivity index (χ4n) is 6.10. The van der Waals surface area contributed by atoms with Crippen LogP contribution in [0, 0.1) is 28.6 Å². The van der Waals surface area contributed by atoms with Crippen molar-refractivity contribution in [1.82, 2.24) is 4.40 Å². The van der Waals surface area contributed by atoms with Gasteiger partial charge in [0.15, 0.2) is 0 Å². The Labute approximate surface area is 161 Å². The van der Waals surface area contributed by atoms with E-state index in [9.17, 15) is 10.1 Å². The number of alkyl halides is 1. The summed E-state index contributed by atoms with van der Waals surface area (Å²) in [6.45, 7) is 0.176. The Bertz CT molecular complexity index is 927. The van der Waals surface area contributed by atoms with Gasteiger partial charge in [-0.15, -0.1) is 0 Å². The van der Waals surface area contributed by atoms with Gasteiger partial charge < -0.3 is 9.14 Å². The molecule has 4 bridgehead atoms. The van der Waals surface area contributed by atoms with Crippen molar-refractivity contribution in [3.63, 3.8) is 0 Å². The van der Waals surface area contributed by atoms with Gasteiger partial charge in [0, 0.05) is 22.3 Å². The van der Waals surface area contributed by atoms with Crippen molar-refractivity contribution in [3.05, 3.63) is 41.7 Å². The molecule has 6 rings (SSSR count). The molecule has 134 valence electrons. The Balaban J connectivity index is 1.38. The van der Waals surface area contributed by atoms with Gasteiger partial charge >= 0.3 is 5.97 Å². The van der Waals surface area contributed by atoms with Crippen LogP contribution in [0.1, 0.15) is 49.7 Å². The second-order valence-corrected chi connectivity index (χ2v) is 10.3. The van der Waals surface area contributed by atoms with Crippen LogP contribution in [0.3, 0.4) is 0 Å². The molecule has 0 unspecified atom stereocenters. The molecule has 2 atom stereocenters. The largest absolute Gasteiger partial charge is 0.460 e. The molecule has 0 aromatic carbocycles. The molecule has 0 radical (unpaired) electrons. The highest BCUT2D eigenvalue weighted by molar-refractivity contribution is 9.10. The smallest absolute Gasteiger partial charge is 0.312 e. The third-order valence-corrected chi connectivity index (χ3v) is 7.58. The van der Waals surface area contributed by atoms with E-state index in [1.807, 2.05) is 35.0 Å². The summed E-state index contributed by atoms with van der Waals surface area (Å²) < 4.78 is 7.86. The number of rotatable bonds is 3. The van der Waals surface area contributed by atoms with Crippen LogP contribution < -0.4 is 0 Å². The Morgan fingerprint density at radius 1 is 1.31 bits per heavy atom. The van der Waals surface area contributed by atoms with Crippen LogP contribution in [0.5, 0.6) is 0 Å². The van der Waals surface area contributed by atoms with Gasteiger partial charge in [0.2, 0.25) is 0 Å². The first kappa shape index (κ1) is 16.4. The lowest BCUT2D eigenvalue weighted by Crippen LogP contribution is -2.56. The third-order valence-electron chi connectivity index (χ3n) is 6.66. The van der Waals surface area contributed by atoms with E-state index in [1.54, 1.807) is 0 Å². The summed E-state index contributed by atoms with van der Waals surface area (Å²) in [5.41, 5.74) is 1.92. The standard InChI is InChI=1S/C21H21BrN2O2/c22-21-8-14-5-15(9-21)7-20(6-14,13-21)19(25)26-12-16-11-24-4-2-1-3-18(24)17(16)10-23/h1-4,11,14-15H,5-9,12-13H2/t14-,15-,20?,21?/m1/s1. The lowest BCUT2D eigenvalue weighted by atomic mass is 9.49. The lowest BCUT2D eigenvalue weighted by molar-refractivity contribution is -0.170. The van der Waals surface area contributed by atoms with Crippen LogP contribution in [-0.2, 0) is 16.1 Å². The predicted octanol–water partition coefficient (Wildman–Crippen LogP) is 4.59. The predicted molar refractivity (Wildman–Crippen MR) is 101 cm³/mol.